The van der Waals surface area contributed by atoms with Crippen molar-refractivity contribution in [2.24, 2.45) is 4.99 Å². The van der Waals surface area contributed by atoms with Gasteiger partial charge in [-0.2, -0.15) is 5.10 Å². The van der Waals surface area contributed by atoms with E-state index < -0.39 is 29.0 Å². The minimum atomic E-state index is -0.734. The fourth-order valence-corrected chi connectivity index (χ4v) is 5.18. The van der Waals surface area contributed by atoms with E-state index >= 15 is 0 Å². The number of amidine groups is 1. The molecule has 1 spiro atoms. The molecule has 1 fully saturated rings. The third kappa shape index (κ3) is 2.50. The second-order valence-electron chi connectivity index (χ2n) is 8.65. The number of anilines is 1. The molecule has 1 saturated carbocycles. The highest BCUT2D eigenvalue weighted by Crippen LogP contribution is 2.50. The van der Waals surface area contributed by atoms with E-state index in [1.807, 2.05) is 0 Å². The average molecular weight is 435 g/mol. The van der Waals surface area contributed by atoms with E-state index in [1.165, 1.54) is 24.3 Å². The molecule has 3 aromatic rings. The molecular weight excluding hydrogens is 416 g/mol. The number of amides is 1. The summed E-state index contributed by atoms with van der Waals surface area (Å²) in [4.78, 5) is 32.3. The molecule has 1 aromatic heterocycles. The zero-order valence-corrected chi connectivity index (χ0v) is 17.2. The van der Waals surface area contributed by atoms with E-state index in [1.54, 1.807) is 24.0 Å². The molecule has 0 radical (unpaired) electrons. The number of H-pyrrole nitrogens is 1. The summed E-state index contributed by atoms with van der Waals surface area (Å²) >= 11 is 0. The van der Waals surface area contributed by atoms with Gasteiger partial charge in [0.15, 0.2) is 0 Å². The summed E-state index contributed by atoms with van der Waals surface area (Å²) in [7, 11) is 0. The molecule has 3 aliphatic rings. The fraction of sp³-hybridized carbons (Fsp3) is 0.304. The molecule has 0 saturated heterocycles. The number of carbonyl (C=O) groups excluding carboxylic acids is 1. The van der Waals surface area contributed by atoms with Gasteiger partial charge < -0.3 is 5.32 Å². The lowest BCUT2D eigenvalue weighted by Gasteiger charge is -2.41. The largest absolute Gasteiger partial charge is 0.375 e. The molecular formula is C23H19F2N5O2. The maximum absolute atomic E-state index is 14.3. The van der Waals surface area contributed by atoms with Crippen LogP contribution in [0.1, 0.15) is 49.5 Å². The van der Waals surface area contributed by atoms with Gasteiger partial charge in [0.25, 0.3) is 11.5 Å². The third-order valence-corrected chi connectivity index (χ3v) is 6.82. The summed E-state index contributed by atoms with van der Waals surface area (Å²) in [6.07, 6.45) is 2.32. The molecule has 1 aliphatic carbocycles. The predicted molar refractivity (Wildman–Crippen MR) is 114 cm³/mol. The first-order valence-corrected chi connectivity index (χ1v) is 10.5. The van der Waals surface area contributed by atoms with Crippen molar-refractivity contribution in [1.29, 1.82) is 0 Å². The van der Waals surface area contributed by atoms with E-state index in [2.05, 4.69) is 15.5 Å². The minimum Gasteiger partial charge on any atom is -0.375 e. The first-order valence-electron chi connectivity index (χ1n) is 10.5. The Kier molecular flexibility index (Phi) is 3.84. The molecule has 2 unspecified atom stereocenters. The van der Waals surface area contributed by atoms with Crippen LogP contribution in [0.15, 0.2) is 46.2 Å². The van der Waals surface area contributed by atoms with E-state index in [0.29, 0.717) is 41.0 Å². The number of halogens is 2. The van der Waals surface area contributed by atoms with Gasteiger partial charge >= 0.3 is 0 Å². The molecule has 9 heteroatoms. The van der Waals surface area contributed by atoms with Crippen molar-refractivity contribution in [3.8, 4) is 0 Å². The van der Waals surface area contributed by atoms with Gasteiger partial charge in [0.05, 0.1) is 17.1 Å². The van der Waals surface area contributed by atoms with Gasteiger partial charge in [-0.05, 0) is 56.0 Å². The number of hydrogen-bond donors (Lipinski definition) is 2. The Labute approximate surface area is 181 Å². The number of carbonyl (C=O) groups is 1. The zero-order chi connectivity index (χ0) is 22.2. The molecule has 2 aromatic carbocycles. The van der Waals surface area contributed by atoms with E-state index in [0.717, 1.165) is 6.42 Å². The molecule has 32 heavy (non-hydrogen) atoms. The molecule has 7 nitrogen and oxygen atoms in total. The van der Waals surface area contributed by atoms with Crippen LogP contribution in [0.3, 0.4) is 0 Å². The second-order valence-corrected chi connectivity index (χ2v) is 8.65. The molecule has 6 rings (SSSR count). The first kappa shape index (κ1) is 19.1. The van der Waals surface area contributed by atoms with Crippen LogP contribution in [0.4, 0.5) is 14.5 Å². The van der Waals surface area contributed by atoms with E-state index in [9.17, 15) is 18.4 Å². The van der Waals surface area contributed by atoms with E-state index in [4.69, 9.17) is 4.99 Å². The van der Waals surface area contributed by atoms with Gasteiger partial charge in [0.2, 0.25) is 0 Å². The SMILES string of the molecule is CC1=NC2(CCC2)C(=O)N1C1c2n[nH]c(=O)c3cc(F)cc(c23)NC1c1ccc(F)cc1. The van der Waals surface area contributed by atoms with Crippen LogP contribution < -0.4 is 10.9 Å². The van der Waals surface area contributed by atoms with Gasteiger partial charge in [0.1, 0.15) is 29.1 Å². The average Bonchev–Trinajstić information content (AvgIpc) is 3.01. The van der Waals surface area contributed by atoms with Crippen LogP contribution in [-0.4, -0.2) is 32.4 Å². The first-order chi connectivity index (χ1) is 15.4. The van der Waals surface area contributed by atoms with Crippen molar-refractivity contribution in [3.63, 3.8) is 0 Å². The van der Waals surface area contributed by atoms with Crippen molar-refractivity contribution in [3.05, 3.63) is 69.6 Å². The molecule has 162 valence electrons. The third-order valence-electron chi connectivity index (χ3n) is 6.82. The lowest BCUT2D eigenvalue weighted by molar-refractivity contribution is -0.136. The van der Waals surface area contributed by atoms with Crippen molar-refractivity contribution >= 4 is 28.2 Å². The molecule has 1 amide bonds. The van der Waals surface area contributed by atoms with Gasteiger partial charge in [-0.3, -0.25) is 19.5 Å². The lowest BCUT2D eigenvalue weighted by Crippen LogP contribution is -2.50. The Morgan fingerprint density at radius 1 is 1.09 bits per heavy atom. The Bertz CT molecular complexity index is 1380. The maximum atomic E-state index is 14.3. The highest BCUT2D eigenvalue weighted by molar-refractivity contribution is 6.09. The summed E-state index contributed by atoms with van der Waals surface area (Å²) in [5.41, 5.74) is 0.296. The van der Waals surface area contributed by atoms with Crippen LogP contribution in [0.2, 0.25) is 0 Å². The molecule has 2 atom stereocenters. The Morgan fingerprint density at radius 3 is 2.50 bits per heavy atom. The predicted octanol–water partition coefficient (Wildman–Crippen LogP) is 3.59. The molecule has 2 aliphatic heterocycles. The van der Waals surface area contributed by atoms with Crippen molar-refractivity contribution in [2.75, 3.05) is 5.32 Å². The monoisotopic (exact) mass is 435 g/mol. The number of hydrogen-bond acceptors (Lipinski definition) is 5. The second kappa shape index (κ2) is 6.44. The van der Waals surface area contributed by atoms with Crippen molar-refractivity contribution in [1.82, 2.24) is 15.1 Å². The number of nitrogens with one attached hydrogen (secondary N) is 2. The lowest BCUT2D eigenvalue weighted by atomic mass is 9.76. The Balaban J connectivity index is 1.60. The summed E-state index contributed by atoms with van der Waals surface area (Å²) in [6, 6.07) is 7.18. The summed E-state index contributed by atoms with van der Waals surface area (Å²) in [5.74, 6) is -0.491. The number of aliphatic imine (C=N–C) groups is 1. The van der Waals surface area contributed by atoms with Crippen LogP contribution >= 0.6 is 0 Å². The summed E-state index contributed by atoms with van der Waals surface area (Å²) in [5, 5.41) is 10.7. The van der Waals surface area contributed by atoms with Crippen LogP contribution in [0.5, 0.6) is 0 Å². The van der Waals surface area contributed by atoms with Crippen LogP contribution in [-0.2, 0) is 4.79 Å². The quantitative estimate of drug-likeness (QED) is 0.644. The maximum Gasteiger partial charge on any atom is 0.272 e. The molecule has 3 heterocycles. The summed E-state index contributed by atoms with van der Waals surface area (Å²) in [6.45, 7) is 1.79. The topological polar surface area (TPSA) is 90.5 Å². The smallest absolute Gasteiger partial charge is 0.272 e. The Hall–Kier alpha value is -3.62. The van der Waals surface area contributed by atoms with Gasteiger partial charge in [0, 0.05) is 11.1 Å². The minimum absolute atomic E-state index is 0.105. The van der Waals surface area contributed by atoms with Crippen molar-refractivity contribution in [2.45, 2.75) is 43.8 Å². The highest BCUT2D eigenvalue weighted by Gasteiger charge is 2.55. The number of aromatic nitrogens is 2. The highest BCUT2D eigenvalue weighted by atomic mass is 19.1. The van der Waals surface area contributed by atoms with Gasteiger partial charge in [-0.1, -0.05) is 12.1 Å². The van der Waals surface area contributed by atoms with Crippen molar-refractivity contribution < 1.29 is 13.6 Å². The number of nitrogens with zero attached hydrogens (tertiary/aromatic N) is 3. The van der Waals surface area contributed by atoms with Gasteiger partial charge in [-0.25, -0.2) is 13.9 Å². The number of benzene rings is 2. The van der Waals surface area contributed by atoms with Crippen LogP contribution in [0.25, 0.3) is 10.8 Å². The van der Waals surface area contributed by atoms with E-state index in [-0.39, 0.29) is 17.1 Å². The standard InChI is InChI=1S/C23H19F2N5O2/c1-11-27-23(7-2-8-23)22(32)30(11)20-18(12-3-5-13(24)6-4-12)26-16-10-14(25)9-15-17(16)19(20)28-29-21(15)31/h3-6,9-10,18,20,26H,2,7-8H2,1H3,(H,29,31). The normalized spacial score (nSPS) is 23.3. The Morgan fingerprint density at radius 2 is 1.84 bits per heavy atom. The number of rotatable bonds is 2. The van der Waals surface area contributed by atoms with Crippen LogP contribution in [0, 0.1) is 11.6 Å². The molecule has 2 N–H and O–H groups in total. The zero-order valence-electron chi connectivity index (χ0n) is 17.2. The number of aromatic amines is 1. The van der Waals surface area contributed by atoms with Gasteiger partial charge in [-0.15, -0.1) is 0 Å². The molecule has 0 bridgehead atoms. The fourth-order valence-electron chi connectivity index (χ4n) is 5.18. The summed E-state index contributed by atoms with van der Waals surface area (Å²) < 4.78 is 28.0.